The van der Waals surface area contributed by atoms with Crippen molar-refractivity contribution in [3.63, 3.8) is 0 Å². The minimum Gasteiger partial charge on any atom is -0.478 e. The van der Waals surface area contributed by atoms with Crippen molar-refractivity contribution in [2.75, 3.05) is 4.90 Å². The van der Waals surface area contributed by atoms with E-state index in [1.807, 2.05) is 36.1 Å². The zero-order chi connectivity index (χ0) is 31.3. The Hall–Kier alpha value is -4.64. The summed E-state index contributed by atoms with van der Waals surface area (Å²) in [6.07, 6.45) is 16.4. The SMILES string of the molecule is Cc1cc(C(=O)N2Cc3cccn3Cc3ccccc32)ccc1C1=CCCCC1.Cc1cc(C(=O)O)ccc1C1=CCCCC1. The number of hydrogen-bond acceptors (Lipinski definition) is 2. The molecule has 1 aliphatic heterocycles. The van der Waals surface area contributed by atoms with E-state index < -0.39 is 5.97 Å². The Morgan fingerprint density at radius 2 is 1.31 bits per heavy atom. The average molecular weight is 599 g/mol. The van der Waals surface area contributed by atoms with Crippen molar-refractivity contribution in [3.05, 3.63) is 136 Å². The summed E-state index contributed by atoms with van der Waals surface area (Å²) < 4.78 is 2.23. The summed E-state index contributed by atoms with van der Waals surface area (Å²) in [5.74, 6) is -0.786. The lowest BCUT2D eigenvalue weighted by Crippen LogP contribution is -2.30. The van der Waals surface area contributed by atoms with Gasteiger partial charge in [0.15, 0.2) is 0 Å². The number of carbonyl (C=O) groups excluding carboxylic acids is 1. The summed E-state index contributed by atoms with van der Waals surface area (Å²) in [5.41, 5.74) is 12.1. The molecule has 0 saturated carbocycles. The average Bonchev–Trinajstić information content (AvgIpc) is 3.44. The van der Waals surface area contributed by atoms with E-state index in [4.69, 9.17) is 5.11 Å². The topological polar surface area (TPSA) is 62.5 Å². The number of aromatic nitrogens is 1. The zero-order valence-electron chi connectivity index (χ0n) is 26.4. The van der Waals surface area contributed by atoms with Crippen molar-refractivity contribution in [1.82, 2.24) is 4.57 Å². The third-order valence-electron chi connectivity index (χ3n) is 9.33. The number of amides is 1. The molecular formula is C40H42N2O3. The van der Waals surface area contributed by atoms with Crippen LogP contribution in [0.3, 0.4) is 0 Å². The second kappa shape index (κ2) is 13.6. The van der Waals surface area contributed by atoms with Gasteiger partial charge in [-0.15, -0.1) is 0 Å². The standard InChI is InChI=1S/C26H26N2O.C14H16O2/c1-19-16-21(13-14-24(19)20-8-3-2-4-9-20)26(29)28-18-23-11-7-15-27(23)17-22-10-5-6-12-25(22)28;1-10-9-12(14(15)16)7-8-13(10)11-5-3-2-4-6-11/h5-8,10-16H,2-4,9,17-18H2,1H3;5,7-9H,2-4,6H2,1H3,(H,15,16). The van der Waals surface area contributed by atoms with Crippen LogP contribution in [-0.4, -0.2) is 21.6 Å². The largest absolute Gasteiger partial charge is 0.478 e. The first-order valence-corrected chi connectivity index (χ1v) is 16.3. The number of anilines is 1. The lowest BCUT2D eigenvalue weighted by Gasteiger charge is -2.23. The van der Waals surface area contributed by atoms with Gasteiger partial charge in [0.25, 0.3) is 5.91 Å². The Morgan fingerprint density at radius 3 is 1.91 bits per heavy atom. The lowest BCUT2D eigenvalue weighted by molar-refractivity contribution is 0.0696. The number of rotatable bonds is 4. The smallest absolute Gasteiger partial charge is 0.335 e. The number of carboxylic acid groups (broad SMARTS) is 1. The fourth-order valence-corrected chi connectivity index (χ4v) is 6.90. The summed E-state index contributed by atoms with van der Waals surface area (Å²) >= 11 is 0. The van der Waals surface area contributed by atoms with Gasteiger partial charge in [-0.05, 0) is 147 Å². The van der Waals surface area contributed by atoms with E-state index in [-0.39, 0.29) is 5.91 Å². The first-order chi connectivity index (χ1) is 21.9. The number of benzene rings is 3. The zero-order valence-corrected chi connectivity index (χ0v) is 26.4. The highest BCUT2D eigenvalue weighted by atomic mass is 16.4. The van der Waals surface area contributed by atoms with Gasteiger partial charge in [0.2, 0.25) is 0 Å². The molecule has 1 aromatic heterocycles. The van der Waals surface area contributed by atoms with Gasteiger partial charge in [-0.25, -0.2) is 4.79 Å². The van der Waals surface area contributed by atoms with Crippen LogP contribution in [0.2, 0.25) is 0 Å². The van der Waals surface area contributed by atoms with Gasteiger partial charge in [0, 0.05) is 29.7 Å². The number of fused-ring (bicyclic) bond motifs is 2. The molecule has 0 bridgehead atoms. The van der Waals surface area contributed by atoms with Crippen LogP contribution in [0.4, 0.5) is 5.69 Å². The van der Waals surface area contributed by atoms with E-state index >= 15 is 0 Å². The van der Waals surface area contributed by atoms with Gasteiger partial charge < -0.3 is 14.6 Å². The van der Waals surface area contributed by atoms with Crippen molar-refractivity contribution < 1.29 is 14.7 Å². The molecule has 7 rings (SSSR count). The van der Waals surface area contributed by atoms with E-state index in [0.717, 1.165) is 48.3 Å². The first kappa shape index (κ1) is 30.4. The summed E-state index contributed by atoms with van der Waals surface area (Å²) in [7, 11) is 0. The fraction of sp³-hybridized carbons (Fsp3) is 0.300. The van der Waals surface area contributed by atoms with Crippen molar-refractivity contribution >= 4 is 28.7 Å². The summed E-state index contributed by atoms with van der Waals surface area (Å²) in [4.78, 5) is 26.3. The maximum Gasteiger partial charge on any atom is 0.335 e. The van der Waals surface area contributed by atoms with Gasteiger partial charge in [0.05, 0.1) is 12.1 Å². The number of carboxylic acids is 1. The number of allylic oxidation sites excluding steroid dienone is 4. The van der Waals surface area contributed by atoms with Gasteiger partial charge in [-0.3, -0.25) is 4.79 Å². The first-order valence-electron chi connectivity index (χ1n) is 16.3. The molecular weight excluding hydrogens is 556 g/mol. The highest BCUT2D eigenvalue weighted by Crippen LogP contribution is 2.32. The molecule has 3 aromatic carbocycles. The van der Waals surface area contributed by atoms with E-state index in [0.29, 0.717) is 12.1 Å². The number of para-hydroxylation sites is 1. The molecule has 0 saturated heterocycles. The predicted octanol–water partition coefficient (Wildman–Crippen LogP) is 9.61. The van der Waals surface area contributed by atoms with Crippen LogP contribution in [0, 0.1) is 13.8 Å². The number of nitrogens with zero attached hydrogens (tertiary/aromatic N) is 2. The van der Waals surface area contributed by atoms with E-state index in [2.05, 4.69) is 66.2 Å². The third kappa shape index (κ3) is 6.73. The van der Waals surface area contributed by atoms with Crippen LogP contribution >= 0.6 is 0 Å². The summed E-state index contributed by atoms with van der Waals surface area (Å²) in [6, 6.07) is 24.0. The van der Waals surface area contributed by atoms with Crippen molar-refractivity contribution in [2.45, 2.75) is 78.3 Å². The summed E-state index contributed by atoms with van der Waals surface area (Å²) in [5, 5.41) is 8.90. The molecule has 0 spiro atoms. The maximum absolute atomic E-state index is 13.6. The Balaban J connectivity index is 0.000000189. The van der Waals surface area contributed by atoms with Crippen molar-refractivity contribution in [2.24, 2.45) is 0 Å². The van der Waals surface area contributed by atoms with E-state index in [1.54, 1.807) is 12.1 Å². The van der Waals surface area contributed by atoms with Crippen molar-refractivity contribution in [1.29, 1.82) is 0 Å². The minimum atomic E-state index is -0.854. The van der Waals surface area contributed by atoms with Crippen LogP contribution in [-0.2, 0) is 13.1 Å². The molecule has 3 aliphatic rings. The fourth-order valence-electron chi connectivity index (χ4n) is 6.90. The molecule has 5 nitrogen and oxygen atoms in total. The number of hydrogen-bond donors (Lipinski definition) is 1. The number of aryl methyl sites for hydroxylation is 2. The molecule has 0 fully saturated rings. The molecule has 5 heteroatoms. The monoisotopic (exact) mass is 598 g/mol. The molecule has 4 aromatic rings. The van der Waals surface area contributed by atoms with Crippen LogP contribution < -0.4 is 4.90 Å². The van der Waals surface area contributed by atoms with Gasteiger partial charge in [-0.2, -0.15) is 0 Å². The van der Waals surface area contributed by atoms with Crippen LogP contribution in [0.5, 0.6) is 0 Å². The number of carbonyl (C=O) groups is 2. The Kier molecular flexibility index (Phi) is 9.16. The molecule has 0 radical (unpaired) electrons. The second-order valence-corrected chi connectivity index (χ2v) is 12.5. The van der Waals surface area contributed by atoms with Crippen molar-refractivity contribution in [3.8, 4) is 0 Å². The minimum absolute atomic E-state index is 0.0689. The lowest BCUT2D eigenvalue weighted by atomic mass is 9.90. The molecule has 2 aliphatic carbocycles. The van der Waals surface area contributed by atoms with E-state index in [1.165, 1.54) is 65.5 Å². The van der Waals surface area contributed by atoms with Crippen LogP contribution in [0.15, 0.2) is 91.1 Å². The molecule has 0 unspecified atom stereocenters. The highest BCUT2D eigenvalue weighted by Gasteiger charge is 2.25. The predicted molar refractivity (Wildman–Crippen MR) is 183 cm³/mol. The molecule has 0 atom stereocenters. The quantitative estimate of drug-likeness (QED) is 0.254. The van der Waals surface area contributed by atoms with Crippen LogP contribution in [0.25, 0.3) is 11.1 Å². The van der Waals surface area contributed by atoms with E-state index in [9.17, 15) is 9.59 Å². The van der Waals surface area contributed by atoms with Gasteiger partial charge in [-0.1, -0.05) is 42.5 Å². The highest BCUT2D eigenvalue weighted by molar-refractivity contribution is 6.06. The molecule has 2 heterocycles. The van der Waals surface area contributed by atoms with Crippen LogP contribution in [0.1, 0.15) is 106 Å². The number of aromatic carboxylic acids is 1. The molecule has 230 valence electrons. The molecule has 1 N–H and O–H groups in total. The summed E-state index contributed by atoms with van der Waals surface area (Å²) in [6.45, 7) is 5.50. The molecule has 1 amide bonds. The second-order valence-electron chi connectivity index (χ2n) is 12.5. The van der Waals surface area contributed by atoms with Gasteiger partial charge in [0.1, 0.15) is 0 Å². The Labute approximate surface area is 266 Å². The normalized spacial score (nSPS) is 15.8. The Bertz CT molecular complexity index is 1790. The maximum atomic E-state index is 13.6. The van der Waals surface area contributed by atoms with Gasteiger partial charge >= 0.3 is 5.97 Å². The Morgan fingerprint density at radius 1 is 0.689 bits per heavy atom. The molecule has 45 heavy (non-hydrogen) atoms. The third-order valence-corrected chi connectivity index (χ3v) is 9.33.